The number of amides is 4. The molecule has 0 radical (unpaired) electrons. The maximum atomic E-state index is 12.5. The van der Waals surface area contributed by atoms with Gasteiger partial charge in [-0.2, -0.15) is 0 Å². The van der Waals surface area contributed by atoms with Gasteiger partial charge in [-0.05, 0) is 50.2 Å². The highest BCUT2D eigenvalue weighted by Crippen LogP contribution is 2.25. The number of urea groups is 1. The third-order valence-electron chi connectivity index (χ3n) is 4.17. The van der Waals surface area contributed by atoms with E-state index in [0.29, 0.717) is 11.4 Å². The topological polar surface area (TPSA) is 70.2 Å². The molecule has 2 aliphatic rings. The number of rotatable bonds is 4. The summed E-state index contributed by atoms with van der Waals surface area (Å²) in [7, 11) is 1.53. The molecule has 7 nitrogen and oxygen atoms in total. The highest BCUT2D eigenvalue weighted by Gasteiger charge is 2.45. The van der Waals surface area contributed by atoms with Crippen molar-refractivity contribution in [3.63, 3.8) is 0 Å². The summed E-state index contributed by atoms with van der Waals surface area (Å²) in [6.45, 7) is 1.86. The smallest absolute Gasteiger partial charge is 0.340 e. The lowest BCUT2D eigenvalue weighted by Crippen LogP contribution is -2.44. The van der Waals surface area contributed by atoms with Crippen LogP contribution < -0.4 is 9.64 Å². The van der Waals surface area contributed by atoms with Gasteiger partial charge in [-0.25, -0.2) is 14.6 Å². The molecule has 1 aromatic carbocycles. The molecule has 2 saturated heterocycles. The van der Waals surface area contributed by atoms with Gasteiger partial charge in [-0.1, -0.05) is 6.42 Å². The summed E-state index contributed by atoms with van der Waals surface area (Å²) in [5.41, 5.74) is 0.371. The van der Waals surface area contributed by atoms with Gasteiger partial charge in [0.25, 0.3) is 0 Å². The van der Waals surface area contributed by atoms with E-state index in [2.05, 4.69) is 0 Å². The number of methoxy groups -OCH3 is 1. The van der Waals surface area contributed by atoms with Crippen molar-refractivity contribution in [2.45, 2.75) is 19.3 Å². The monoisotopic (exact) mass is 317 g/mol. The zero-order valence-corrected chi connectivity index (χ0v) is 13.0. The molecule has 0 aromatic heterocycles. The van der Waals surface area contributed by atoms with Crippen LogP contribution in [0.5, 0.6) is 5.75 Å². The zero-order valence-electron chi connectivity index (χ0n) is 13.0. The Morgan fingerprint density at radius 1 is 0.957 bits per heavy atom. The fourth-order valence-electron chi connectivity index (χ4n) is 2.89. The fourth-order valence-corrected chi connectivity index (χ4v) is 2.89. The van der Waals surface area contributed by atoms with Crippen LogP contribution >= 0.6 is 0 Å². The number of piperidine rings is 1. The van der Waals surface area contributed by atoms with Gasteiger partial charge >= 0.3 is 17.8 Å². The molecule has 0 saturated carbocycles. The predicted molar refractivity (Wildman–Crippen MR) is 83.0 cm³/mol. The Kier molecular flexibility index (Phi) is 4.29. The van der Waals surface area contributed by atoms with Crippen LogP contribution in [0.15, 0.2) is 24.3 Å². The van der Waals surface area contributed by atoms with Crippen molar-refractivity contribution < 1.29 is 19.1 Å². The molecule has 2 aliphatic heterocycles. The standard InChI is InChI=1S/C16H19N3O4/c1-23-13-7-5-12(6-8-13)19-15(21)14(20)18(16(19)22)11-17-9-3-2-4-10-17/h5-8H,2-4,9-11H2,1H3. The maximum Gasteiger partial charge on any atom is 0.340 e. The first-order valence-corrected chi connectivity index (χ1v) is 7.68. The Labute approximate surface area is 134 Å². The third kappa shape index (κ3) is 2.92. The Hall–Kier alpha value is -2.41. The van der Waals surface area contributed by atoms with Crippen LogP contribution in [0.2, 0.25) is 0 Å². The lowest BCUT2D eigenvalue weighted by Gasteiger charge is -2.29. The molecule has 23 heavy (non-hydrogen) atoms. The van der Waals surface area contributed by atoms with Gasteiger partial charge in [-0.3, -0.25) is 14.5 Å². The van der Waals surface area contributed by atoms with Gasteiger partial charge in [0.1, 0.15) is 5.75 Å². The lowest BCUT2D eigenvalue weighted by molar-refractivity contribution is -0.140. The number of anilines is 1. The lowest BCUT2D eigenvalue weighted by atomic mass is 10.1. The van der Waals surface area contributed by atoms with E-state index in [-0.39, 0.29) is 6.67 Å². The summed E-state index contributed by atoms with van der Waals surface area (Å²) in [5, 5.41) is 0. The van der Waals surface area contributed by atoms with E-state index in [1.54, 1.807) is 24.3 Å². The van der Waals surface area contributed by atoms with Crippen molar-refractivity contribution in [2.24, 2.45) is 0 Å². The largest absolute Gasteiger partial charge is 0.497 e. The van der Waals surface area contributed by atoms with Crippen molar-refractivity contribution >= 4 is 23.5 Å². The van der Waals surface area contributed by atoms with E-state index in [9.17, 15) is 14.4 Å². The summed E-state index contributed by atoms with van der Waals surface area (Å²) >= 11 is 0. The molecule has 7 heteroatoms. The van der Waals surface area contributed by atoms with E-state index in [4.69, 9.17) is 4.74 Å². The molecule has 2 fully saturated rings. The van der Waals surface area contributed by atoms with Crippen LogP contribution in [0.3, 0.4) is 0 Å². The number of imide groups is 2. The first-order chi connectivity index (χ1) is 11.1. The van der Waals surface area contributed by atoms with E-state index in [1.807, 2.05) is 4.90 Å². The van der Waals surface area contributed by atoms with Crippen LogP contribution in [0.25, 0.3) is 0 Å². The number of carbonyl (C=O) groups excluding carboxylic acids is 3. The molecule has 0 bridgehead atoms. The molecular formula is C16H19N3O4. The normalized spacial score (nSPS) is 19.6. The molecule has 3 rings (SSSR count). The van der Waals surface area contributed by atoms with E-state index in [0.717, 1.165) is 42.2 Å². The first kappa shape index (κ1) is 15.5. The van der Waals surface area contributed by atoms with E-state index >= 15 is 0 Å². The molecule has 0 spiro atoms. The molecule has 4 amide bonds. The van der Waals surface area contributed by atoms with Crippen molar-refractivity contribution in [3.05, 3.63) is 24.3 Å². The average molecular weight is 317 g/mol. The Bertz CT molecular complexity index is 623. The second kappa shape index (κ2) is 6.37. The van der Waals surface area contributed by atoms with E-state index in [1.165, 1.54) is 7.11 Å². The van der Waals surface area contributed by atoms with Crippen LogP contribution in [-0.4, -0.2) is 54.5 Å². The summed E-state index contributed by atoms with van der Waals surface area (Å²) in [4.78, 5) is 40.8. The molecule has 1 aromatic rings. The average Bonchev–Trinajstić information content (AvgIpc) is 2.80. The molecule has 0 N–H and O–H groups in total. The maximum absolute atomic E-state index is 12.5. The van der Waals surface area contributed by atoms with E-state index < -0.39 is 17.8 Å². The molecule has 0 unspecified atom stereocenters. The summed E-state index contributed by atoms with van der Waals surface area (Å²) in [6, 6.07) is 5.88. The predicted octanol–water partition coefficient (Wildman–Crippen LogP) is 1.43. The number of hydrogen-bond donors (Lipinski definition) is 0. The van der Waals surface area contributed by atoms with Crippen LogP contribution in [-0.2, 0) is 9.59 Å². The SMILES string of the molecule is COc1ccc(N2C(=O)C(=O)N(CN3CCCCC3)C2=O)cc1. The summed E-state index contributed by atoms with van der Waals surface area (Å²) in [5.74, 6) is -0.960. The van der Waals surface area contributed by atoms with Gasteiger partial charge in [-0.15, -0.1) is 0 Å². The van der Waals surface area contributed by atoms with Gasteiger partial charge in [0.2, 0.25) is 0 Å². The fraction of sp³-hybridized carbons (Fsp3) is 0.438. The van der Waals surface area contributed by atoms with Crippen molar-refractivity contribution in [3.8, 4) is 5.75 Å². The minimum absolute atomic E-state index is 0.177. The zero-order chi connectivity index (χ0) is 16.4. The quantitative estimate of drug-likeness (QED) is 0.621. The summed E-state index contributed by atoms with van der Waals surface area (Å²) in [6.07, 6.45) is 3.26. The van der Waals surface area contributed by atoms with Crippen LogP contribution in [0.4, 0.5) is 10.5 Å². The first-order valence-electron chi connectivity index (χ1n) is 7.68. The van der Waals surface area contributed by atoms with Gasteiger partial charge < -0.3 is 4.74 Å². The number of ether oxygens (including phenoxy) is 1. The highest BCUT2D eigenvalue weighted by atomic mass is 16.5. The van der Waals surface area contributed by atoms with Crippen LogP contribution in [0, 0.1) is 0 Å². The Morgan fingerprint density at radius 2 is 1.61 bits per heavy atom. The van der Waals surface area contributed by atoms with Gasteiger partial charge in [0.05, 0.1) is 19.5 Å². The minimum Gasteiger partial charge on any atom is -0.497 e. The second-order valence-corrected chi connectivity index (χ2v) is 5.67. The van der Waals surface area contributed by atoms with Crippen molar-refractivity contribution in [1.29, 1.82) is 0 Å². The molecule has 0 atom stereocenters. The van der Waals surface area contributed by atoms with Gasteiger partial charge in [0.15, 0.2) is 0 Å². The van der Waals surface area contributed by atoms with Crippen LogP contribution in [0.1, 0.15) is 19.3 Å². The van der Waals surface area contributed by atoms with Gasteiger partial charge in [0, 0.05) is 0 Å². The third-order valence-corrected chi connectivity index (χ3v) is 4.17. The molecule has 0 aliphatic carbocycles. The summed E-state index contributed by atoms with van der Waals surface area (Å²) < 4.78 is 5.06. The number of carbonyl (C=O) groups is 3. The van der Waals surface area contributed by atoms with Crippen molar-refractivity contribution in [2.75, 3.05) is 31.8 Å². The second-order valence-electron chi connectivity index (χ2n) is 5.67. The van der Waals surface area contributed by atoms with Crippen molar-refractivity contribution in [1.82, 2.24) is 9.80 Å². The molecular weight excluding hydrogens is 298 g/mol. The Balaban J connectivity index is 1.78. The minimum atomic E-state index is -0.808. The molecule has 122 valence electrons. The number of nitrogens with zero attached hydrogens (tertiary/aromatic N) is 3. The molecule has 2 heterocycles. The number of likely N-dealkylation sites (tertiary alicyclic amines) is 1. The number of hydrogen-bond acceptors (Lipinski definition) is 5. The highest BCUT2D eigenvalue weighted by molar-refractivity contribution is 6.52. The Morgan fingerprint density at radius 3 is 2.22 bits per heavy atom. The number of benzene rings is 1.